The van der Waals surface area contributed by atoms with Gasteiger partial charge in [-0.2, -0.15) is 0 Å². The second-order valence-electron chi connectivity index (χ2n) is 8.56. The van der Waals surface area contributed by atoms with E-state index in [0.29, 0.717) is 22.3 Å². The summed E-state index contributed by atoms with van der Waals surface area (Å²) in [7, 11) is 1.41. The zero-order chi connectivity index (χ0) is 25.7. The average Bonchev–Trinajstić information content (AvgIpc) is 2.84. The molecule has 3 amide bonds. The third-order valence-corrected chi connectivity index (χ3v) is 5.99. The van der Waals surface area contributed by atoms with Crippen LogP contribution in [0.5, 0.6) is 11.5 Å². The molecule has 0 aliphatic carbocycles. The van der Waals surface area contributed by atoms with Crippen LogP contribution in [0.2, 0.25) is 0 Å². The van der Waals surface area contributed by atoms with Crippen LogP contribution in [0.3, 0.4) is 0 Å². The van der Waals surface area contributed by atoms with Crippen molar-refractivity contribution >= 4 is 17.7 Å². The summed E-state index contributed by atoms with van der Waals surface area (Å²) >= 11 is 0. The van der Waals surface area contributed by atoms with E-state index < -0.39 is 42.0 Å². The van der Waals surface area contributed by atoms with Crippen molar-refractivity contribution in [1.29, 1.82) is 0 Å². The molecule has 4 bridgehead atoms. The van der Waals surface area contributed by atoms with E-state index in [9.17, 15) is 29.7 Å². The number of carbonyl (C=O) groups is 3. The SMILES string of the molecule is CNC(=O)[C@H]1Cc2cc(ccc2O)-c2ccc(O)c(c2)C[C@@H](N)C(=O)N[C@H](C[C@@H](O)CN)C(=O)N1. The highest BCUT2D eigenvalue weighted by atomic mass is 16.3. The summed E-state index contributed by atoms with van der Waals surface area (Å²) in [6.07, 6.45) is -1.37. The largest absolute Gasteiger partial charge is 0.508 e. The highest BCUT2D eigenvalue weighted by Crippen LogP contribution is 2.30. The van der Waals surface area contributed by atoms with E-state index in [-0.39, 0.29) is 37.3 Å². The van der Waals surface area contributed by atoms with Gasteiger partial charge in [0.2, 0.25) is 17.7 Å². The number of nitrogens with two attached hydrogens (primary N) is 2. The van der Waals surface area contributed by atoms with Crippen molar-refractivity contribution in [3.8, 4) is 22.6 Å². The number of amides is 3. The normalized spacial score (nSPS) is 21.7. The van der Waals surface area contributed by atoms with Crippen LogP contribution in [0.15, 0.2) is 36.4 Å². The molecule has 2 aromatic rings. The third-order valence-electron chi connectivity index (χ3n) is 5.99. The number of phenols is 2. The molecule has 1 aliphatic heterocycles. The highest BCUT2D eigenvalue weighted by molar-refractivity contribution is 5.93. The van der Waals surface area contributed by atoms with Crippen LogP contribution in [-0.4, -0.2) is 70.9 Å². The van der Waals surface area contributed by atoms with Gasteiger partial charge in [-0.05, 0) is 46.5 Å². The Bertz CT molecular complexity index is 1110. The third kappa shape index (κ3) is 6.27. The van der Waals surface area contributed by atoms with Gasteiger partial charge in [-0.15, -0.1) is 0 Å². The molecule has 1 aliphatic rings. The van der Waals surface area contributed by atoms with E-state index in [2.05, 4.69) is 16.0 Å². The molecule has 0 fully saturated rings. The first-order chi connectivity index (χ1) is 16.6. The number of fused-ring (bicyclic) bond motifs is 5. The van der Waals surface area contributed by atoms with Gasteiger partial charge in [-0.25, -0.2) is 0 Å². The number of aliphatic hydroxyl groups is 1. The highest BCUT2D eigenvalue weighted by Gasteiger charge is 2.30. The minimum Gasteiger partial charge on any atom is -0.508 e. The van der Waals surface area contributed by atoms with Gasteiger partial charge in [0.1, 0.15) is 23.6 Å². The van der Waals surface area contributed by atoms with Crippen LogP contribution in [0, 0.1) is 0 Å². The Kier molecular flexibility index (Phi) is 8.28. The first-order valence-electron chi connectivity index (χ1n) is 11.2. The molecular weight excluding hydrogens is 454 g/mol. The molecule has 1 heterocycles. The van der Waals surface area contributed by atoms with Crippen molar-refractivity contribution in [2.45, 2.75) is 43.5 Å². The average molecular weight is 486 g/mol. The Morgan fingerprint density at radius 3 is 2.14 bits per heavy atom. The van der Waals surface area contributed by atoms with Gasteiger partial charge < -0.3 is 42.7 Å². The number of benzene rings is 2. The van der Waals surface area contributed by atoms with Gasteiger partial charge in [-0.3, -0.25) is 14.4 Å². The molecule has 0 spiro atoms. The minimum atomic E-state index is -1.23. The number of aromatic hydroxyl groups is 2. The second-order valence-corrected chi connectivity index (χ2v) is 8.56. The number of carbonyl (C=O) groups excluding carboxylic acids is 3. The number of likely N-dealkylation sites (N-methyl/N-ethyl adjacent to an activating group) is 1. The Balaban J connectivity index is 2.10. The minimum absolute atomic E-state index is 0.0227. The van der Waals surface area contributed by atoms with Crippen LogP contribution in [0.1, 0.15) is 17.5 Å². The second kappa shape index (κ2) is 11.2. The van der Waals surface area contributed by atoms with Crippen molar-refractivity contribution in [3.63, 3.8) is 0 Å². The summed E-state index contributed by atoms with van der Waals surface area (Å²) in [6, 6.07) is 6.27. The molecule has 10 N–H and O–H groups in total. The van der Waals surface area contributed by atoms with Crippen LogP contribution in [-0.2, 0) is 27.2 Å². The first kappa shape index (κ1) is 25.9. The van der Waals surface area contributed by atoms with Crippen LogP contribution in [0.25, 0.3) is 11.1 Å². The number of hydrogen-bond donors (Lipinski definition) is 8. The lowest BCUT2D eigenvalue weighted by molar-refractivity contribution is -0.132. The zero-order valence-corrected chi connectivity index (χ0v) is 19.3. The molecule has 0 radical (unpaired) electrons. The molecule has 188 valence electrons. The van der Waals surface area contributed by atoms with Gasteiger partial charge in [0.05, 0.1) is 12.1 Å². The molecule has 0 saturated carbocycles. The van der Waals surface area contributed by atoms with Crippen molar-refractivity contribution in [2.24, 2.45) is 11.5 Å². The van der Waals surface area contributed by atoms with Crippen molar-refractivity contribution < 1.29 is 29.7 Å². The number of phenolic OH excluding ortho intramolecular Hbond substituents is 2. The molecule has 35 heavy (non-hydrogen) atoms. The standard InChI is InChI=1S/C24H31N5O6/c1-27-23(34)18-9-15-7-13(3-5-21(15)32)12-2-4-20(31)14(6-12)8-17(26)22(33)28-19(24(35)29-18)10-16(30)11-25/h2-7,16-19,30-32H,8-11,25-26H2,1H3,(H,27,34)(H,28,33)(H,29,35)/t16-,17-,18-,19-/m1/s1. The molecule has 4 atom stereocenters. The van der Waals surface area contributed by atoms with Crippen molar-refractivity contribution in [2.75, 3.05) is 13.6 Å². The molecule has 0 saturated heterocycles. The van der Waals surface area contributed by atoms with Gasteiger partial charge >= 0.3 is 0 Å². The first-order valence-corrected chi connectivity index (χ1v) is 11.2. The van der Waals surface area contributed by atoms with Crippen LogP contribution in [0.4, 0.5) is 0 Å². The number of aliphatic hydroxyl groups excluding tert-OH is 1. The molecule has 0 unspecified atom stereocenters. The number of hydrogen-bond acceptors (Lipinski definition) is 8. The maximum atomic E-state index is 13.1. The predicted molar refractivity (Wildman–Crippen MR) is 128 cm³/mol. The van der Waals surface area contributed by atoms with E-state index in [0.717, 1.165) is 0 Å². The van der Waals surface area contributed by atoms with Gasteiger partial charge in [0.15, 0.2) is 0 Å². The summed E-state index contributed by atoms with van der Waals surface area (Å²) < 4.78 is 0. The van der Waals surface area contributed by atoms with Crippen molar-refractivity contribution in [1.82, 2.24) is 16.0 Å². The lowest BCUT2D eigenvalue weighted by Gasteiger charge is -2.25. The topological polar surface area (TPSA) is 200 Å². The van der Waals surface area contributed by atoms with E-state index >= 15 is 0 Å². The molecule has 0 aromatic heterocycles. The summed E-state index contributed by atoms with van der Waals surface area (Å²) in [5.74, 6) is -2.02. The van der Waals surface area contributed by atoms with Crippen LogP contribution < -0.4 is 27.4 Å². The molecule has 11 heteroatoms. The summed E-state index contributed by atoms with van der Waals surface area (Å²) in [6.45, 7) is -0.147. The summed E-state index contributed by atoms with van der Waals surface area (Å²) in [4.78, 5) is 38.5. The fraction of sp³-hybridized carbons (Fsp3) is 0.375. The Morgan fingerprint density at radius 1 is 1.03 bits per heavy atom. The molecular formula is C24H31N5O6. The smallest absolute Gasteiger partial charge is 0.243 e. The summed E-state index contributed by atoms with van der Waals surface area (Å²) in [5, 5.41) is 38.4. The molecule has 3 rings (SSSR count). The number of nitrogens with one attached hydrogen (secondary N) is 3. The van der Waals surface area contributed by atoms with Gasteiger partial charge in [0, 0.05) is 32.9 Å². The fourth-order valence-corrected chi connectivity index (χ4v) is 3.94. The van der Waals surface area contributed by atoms with Crippen molar-refractivity contribution in [3.05, 3.63) is 47.5 Å². The lowest BCUT2D eigenvalue weighted by Crippen LogP contribution is -2.57. The number of rotatable bonds is 4. The summed E-state index contributed by atoms with van der Waals surface area (Å²) in [5.41, 5.74) is 13.8. The fourth-order valence-electron chi connectivity index (χ4n) is 3.94. The maximum Gasteiger partial charge on any atom is 0.243 e. The van der Waals surface area contributed by atoms with Gasteiger partial charge in [0.25, 0.3) is 0 Å². The van der Waals surface area contributed by atoms with E-state index in [1.165, 1.54) is 19.2 Å². The molecule has 2 aromatic carbocycles. The quantitative estimate of drug-likeness (QED) is 0.259. The maximum absolute atomic E-state index is 13.1. The van der Waals surface area contributed by atoms with E-state index in [4.69, 9.17) is 11.5 Å². The van der Waals surface area contributed by atoms with E-state index in [1.54, 1.807) is 24.3 Å². The zero-order valence-electron chi connectivity index (χ0n) is 19.3. The van der Waals surface area contributed by atoms with E-state index in [1.807, 2.05) is 0 Å². The Labute approximate surface area is 202 Å². The van der Waals surface area contributed by atoms with Gasteiger partial charge in [-0.1, -0.05) is 12.1 Å². The van der Waals surface area contributed by atoms with Crippen LogP contribution >= 0.6 is 0 Å². The Hall–Kier alpha value is -3.67. The monoisotopic (exact) mass is 485 g/mol. The predicted octanol–water partition coefficient (Wildman–Crippen LogP) is -1.38. The Morgan fingerprint density at radius 2 is 1.60 bits per heavy atom. The lowest BCUT2D eigenvalue weighted by atomic mass is 9.95. The molecule has 11 nitrogen and oxygen atoms in total.